The van der Waals surface area contributed by atoms with Crippen molar-refractivity contribution in [2.45, 2.75) is 91.5 Å². The summed E-state index contributed by atoms with van der Waals surface area (Å²) in [5.41, 5.74) is 0. The van der Waals surface area contributed by atoms with E-state index in [9.17, 15) is 5.11 Å². The minimum Gasteiger partial charge on any atom is -0.854 e. The standard InChI is InChI=1S/C10H21O.C9H21NO3/c1-10(2)8-6-4-3-5-7-9-11;1-7(11)4-10(5-8(2)12)6-9(3)13/h10H,3-9H2,1-2H3;7-9,11-13H,4-6H2,1-3H3/q-1;/p+1. The molecule has 0 saturated carbocycles. The Morgan fingerprint density at radius 2 is 1.04 bits per heavy atom. The van der Waals surface area contributed by atoms with Gasteiger partial charge in [-0.25, -0.2) is 0 Å². The predicted octanol–water partition coefficient (Wildman–Crippen LogP) is 0.357. The lowest BCUT2D eigenvalue weighted by Crippen LogP contribution is -3.15. The van der Waals surface area contributed by atoms with Crippen molar-refractivity contribution >= 4 is 0 Å². The number of rotatable bonds is 13. The molecule has 0 amide bonds. The fourth-order valence-corrected chi connectivity index (χ4v) is 2.69. The van der Waals surface area contributed by atoms with Gasteiger partial charge in [-0.1, -0.05) is 52.4 Å². The highest BCUT2D eigenvalue weighted by atomic mass is 16.3. The lowest BCUT2D eigenvalue weighted by Gasteiger charge is -2.23. The molecule has 0 aromatic rings. The SMILES string of the molecule is CC(C)CCCCCCC[O-].CC(O)C[NH+](CC(C)O)CC(C)O. The van der Waals surface area contributed by atoms with Gasteiger partial charge >= 0.3 is 0 Å². The Bertz CT molecular complexity index is 222. The molecule has 0 aliphatic carbocycles. The summed E-state index contributed by atoms with van der Waals surface area (Å²) >= 11 is 0. The van der Waals surface area contributed by atoms with Crippen molar-refractivity contribution in [2.75, 3.05) is 26.2 Å². The summed E-state index contributed by atoms with van der Waals surface area (Å²) in [5.74, 6) is 0.842. The summed E-state index contributed by atoms with van der Waals surface area (Å²) in [6, 6.07) is 0. The van der Waals surface area contributed by atoms with E-state index in [4.69, 9.17) is 15.3 Å². The van der Waals surface area contributed by atoms with Gasteiger partial charge in [-0.15, -0.1) is 6.61 Å². The van der Waals surface area contributed by atoms with Crippen LogP contribution in [0.1, 0.15) is 73.1 Å². The quantitative estimate of drug-likeness (QED) is 0.362. The molecule has 0 radical (unpaired) electrons. The van der Waals surface area contributed by atoms with Crippen molar-refractivity contribution in [2.24, 2.45) is 5.92 Å². The van der Waals surface area contributed by atoms with Gasteiger partial charge in [-0.05, 0) is 26.7 Å². The van der Waals surface area contributed by atoms with Crippen LogP contribution in [0.2, 0.25) is 0 Å². The van der Waals surface area contributed by atoms with Gasteiger partial charge in [0.1, 0.15) is 37.9 Å². The smallest absolute Gasteiger partial charge is 0.103 e. The van der Waals surface area contributed by atoms with Gasteiger partial charge in [0, 0.05) is 0 Å². The summed E-state index contributed by atoms with van der Waals surface area (Å²) in [7, 11) is 0. The number of quaternary nitrogens is 1. The first-order chi connectivity index (χ1) is 11.2. The van der Waals surface area contributed by atoms with E-state index in [1.807, 2.05) is 0 Å². The van der Waals surface area contributed by atoms with E-state index in [2.05, 4.69) is 13.8 Å². The Balaban J connectivity index is 0. The Morgan fingerprint density at radius 3 is 1.38 bits per heavy atom. The fraction of sp³-hybridized carbons (Fsp3) is 1.00. The minimum absolute atomic E-state index is 0.115. The van der Waals surface area contributed by atoms with Crippen LogP contribution in [-0.4, -0.2) is 59.9 Å². The molecule has 0 rings (SSSR count). The number of hydrogen-bond acceptors (Lipinski definition) is 4. The second-order valence-electron chi connectivity index (χ2n) is 7.56. The molecule has 0 bridgehead atoms. The van der Waals surface area contributed by atoms with Crippen molar-refractivity contribution in [1.82, 2.24) is 0 Å². The molecule has 5 heteroatoms. The molecule has 0 aromatic carbocycles. The Hall–Kier alpha value is -0.200. The maximum Gasteiger partial charge on any atom is 0.103 e. The zero-order chi connectivity index (χ0) is 19.0. The van der Waals surface area contributed by atoms with Gasteiger partial charge in [0.25, 0.3) is 0 Å². The molecule has 0 aliphatic heterocycles. The van der Waals surface area contributed by atoms with Crippen LogP contribution < -0.4 is 10.0 Å². The van der Waals surface area contributed by atoms with Crippen LogP contribution in [0.5, 0.6) is 0 Å². The normalized spacial score (nSPS) is 16.2. The van der Waals surface area contributed by atoms with Crippen LogP contribution in [0.15, 0.2) is 0 Å². The summed E-state index contributed by atoms with van der Waals surface area (Å²) in [4.78, 5) is 1.03. The highest BCUT2D eigenvalue weighted by molar-refractivity contribution is 4.49. The topological polar surface area (TPSA) is 88.2 Å². The molecule has 5 nitrogen and oxygen atoms in total. The van der Waals surface area contributed by atoms with E-state index in [0.29, 0.717) is 19.6 Å². The molecule has 0 saturated heterocycles. The molecule has 148 valence electrons. The van der Waals surface area contributed by atoms with Crippen LogP contribution in [-0.2, 0) is 0 Å². The van der Waals surface area contributed by atoms with E-state index in [1.54, 1.807) is 20.8 Å². The summed E-state index contributed by atoms with van der Waals surface area (Å²) in [6.45, 7) is 11.5. The van der Waals surface area contributed by atoms with E-state index in [0.717, 1.165) is 23.7 Å². The molecule has 0 heterocycles. The maximum atomic E-state index is 10.1. The summed E-state index contributed by atoms with van der Waals surface area (Å²) < 4.78 is 0. The highest BCUT2D eigenvalue weighted by Gasteiger charge is 2.16. The average molecular weight is 350 g/mol. The van der Waals surface area contributed by atoms with Crippen molar-refractivity contribution in [3.05, 3.63) is 0 Å². The van der Waals surface area contributed by atoms with Gasteiger partial charge in [0.05, 0.1) is 0 Å². The Morgan fingerprint density at radius 1 is 0.667 bits per heavy atom. The van der Waals surface area contributed by atoms with E-state index in [-0.39, 0.29) is 6.61 Å². The van der Waals surface area contributed by atoms with Gasteiger partial charge in [0.2, 0.25) is 0 Å². The summed E-state index contributed by atoms with van der Waals surface area (Å²) in [6.07, 6.45) is 6.09. The van der Waals surface area contributed by atoms with Gasteiger partial charge in [0.15, 0.2) is 0 Å². The largest absolute Gasteiger partial charge is 0.854 e. The van der Waals surface area contributed by atoms with Crippen LogP contribution >= 0.6 is 0 Å². The first-order valence-corrected chi connectivity index (χ1v) is 9.64. The van der Waals surface area contributed by atoms with Crippen LogP contribution in [0.3, 0.4) is 0 Å². The fourth-order valence-electron chi connectivity index (χ4n) is 2.69. The lowest BCUT2D eigenvalue weighted by atomic mass is 10.0. The van der Waals surface area contributed by atoms with Gasteiger partial charge in [-0.2, -0.15) is 0 Å². The molecule has 0 aromatic heterocycles. The highest BCUT2D eigenvalue weighted by Crippen LogP contribution is 2.09. The molecule has 0 fully saturated rings. The van der Waals surface area contributed by atoms with Crippen molar-refractivity contribution < 1.29 is 25.3 Å². The Labute approximate surface area is 149 Å². The van der Waals surface area contributed by atoms with Crippen LogP contribution in [0.25, 0.3) is 0 Å². The molecule has 3 unspecified atom stereocenters. The van der Waals surface area contributed by atoms with Gasteiger partial charge < -0.3 is 25.3 Å². The number of unbranched alkanes of at least 4 members (excludes halogenated alkanes) is 4. The second kappa shape index (κ2) is 17.6. The molecule has 0 spiro atoms. The van der Waals surface area contributed by atoms with Crippen molar-refractivity contribution in [3.63, 3.8) is 0 Å². The number of nitrogens with one attached hydrogen (secondary N) is 1. The van der Waals surface area contributed by atoms with E-state index in [1.165, 1.54) is 25.7 Å². The number of aliphatic hydroxyl groups is 3. The van der Waals surface area contributed by atoms with Gasteiger partial charge in [-0.3, -0.25) is 0 Å². The third kappa shape index (κ3) is 24.1. The molecule has 0 aliphatic rings. The monoisotopic (exact) mass is 349 g/mol. The third-order valence-corrected chi connectivity index (χ3v) is 3.68. The Kier molecular flexibility index (Phi) is 19.1. The zero-order valence-corrected chi connectivity index (χ0v) is 16.6. The van der Waals surface area contributed by atoms with Crippen LogP contribution in [0, 0.1) is 5.92 Å². The molecule has 3 atom stereocenters. The first kappa shape index (κ1) is 26.0. The van der Waals surface area contributed by atoms with E-state index >= 15 is 0 Å². The lowest BCUT2D eigenvalue weighted by molar-refractivity contribution is -0.908. The maximum absolute atomic E-state index is 10.1. The first-order valence-electron chi connectivity index (χ1n) is 9.64. The summed E-state index contributed by atoms with van der Waals surface area (Å²) in [5, 5.41) is 37.6. The second-order valence-corrected chi connectivity index (χ2v) is 7.56. The molecule has 24 heavy (non-hydrogen) atoms. The van der Waals surface area contributed by atoms with Crippen molar-refractivity contribution in [1.29, 1.82) is 0 Å². The van der Waals surface area contributed by atoms with E-state index < -0.39 is 18.3 Å². The molecular weight excluding hydrogens is 306 g/mol. The number of aliphatic hydroxyl groups excluding tert-OH is 3. The molecular formula is C19H43NO4. The average Bonchev–Trinajstić information content (AvgIpc) is 2.40. The predicted molar refractivity (Wildman–Crippen MR) is 98.0 cm³/mol. The van der Waals surface area contributed by atoms with Crippen LogP contribution in [0.4, 0.5) is 0 Å². The third-order valence-electron chi connectivity index (χ3n) is 3.68. The minimum atomic E-state index is -0.396. The number of hydrogen-bond donors (Lipinski definition) is 4. The zero-order valence-electron chi connectivity index (χ0n) is 16.6. The van der Waals surface area contributed by atoms with Crippen molar-refractivity contribution in [3.8, 4) is 0 Å². The molecule has 4 N–H and O–H groups in total.